The summed E-state index contributed by atoms with van der Waals surface area (Å²) in [6, 6.07) is 6.51. The van der Waals surface area contributed by atoms with Crippen molar-refractivity contribution in [1.82, 2.24) is 0 Å². The first-order chi connectivity index (χ1) is 8.50. The molecular formula is C14H20BrN3. The van der Waals surface area contributed by atoms with E-state index in [-0.39, 0.29) is 5.84 Å². The van der Waals surface area contributed by atoms with Gasteiger partial charge in [-0.15, -0.1) is 0 Å². The number of nitrogen functional groups attached to an aromatic ring is 1. The predicted octanol–water partition coefficient (Wildman–Crippen LogP) is 3.36. The fourth-order valence-electron chi connectivity index (χ4n) is 2.75. The predicted molar refractivity (Wildman–Crippen MR) is 80.4 cm³/mol. The van der Waals surface area contributed by atoms with Crippen molar-refractivity contribution in [3.8, 4) is 0 Å². The van der Waals surface area contributed by atoms with Gasteiger partial charge in [-0.05, 0) is 37.0 Å². The van der Waals surface area contributed by atoms with E-state index in [0.29, 0.717) is 12.0 Å². The number of nitrogens with zero attached hydrogens (tertiary/aromatic N) is 1. The normalized spacial score (nSPS) is 19.6. The van der Waals surface area contributed by atoms with Gasteiger partial charge >= 0.3 is 0 Å². The molecule has 0 aromatic heterocycles. The highest BCUT2D eigenvalue weighted by Crippen LogP contribution is 2.33. The number of hydrogen-bond acceptors (Lipinski definition) is 2. The molecule has 0 aliphatic carbocycles. The Bertz CT molecular complexity index is 456. The van der Waals surface area contributed by atoms with Crippen molar-refractivity contribution in [2.24, 2.45) is 11.7 Å². The van der Waals surface area contributed by atoms with Crippen LogP contribution in [0.4, 0.5) is 5.69 Å². The molecule has 0 amide bonds. The molecule has 1 aromatic carbocycles. The van der Waals surface area contributed by atoms with Crippen LogP contribution in [-0.2, 0) is 0 Å². The maximum Gasteiger partial charge on any atom is 0.124 e. The maximum absolute atomic E-state index is 7.72. The summed E-state index contributed by atoms with van der Waals surface area (Å²) in [7, 11) is 0. The van der Waals surface area contributed by atoms with Crippen LogP contribution >= 0.6 is 15.9 Å². The van der Waals surface area contributed by atoms with Crippen molar-refractivity contribution in [1.29, 1.82) is 5.41 Å². The number of halogens is 1. The number of hydrogen-bond donors (Lipinski definition) is 2. The molecule has 1 saturated heterocycles. The van der Waals surface area contributed by atoms with Crippen molar-refractivity contribution >= 4 is 27.5 Å². The fraction of sp³-hybridized carbons (Fsp3) is 0.500. The zero-order chi connectivity index (χ0) is 13.3. The van der Waals surface area contributed by atoms with Crippen LogP contribution in [0.3, 0.4) is 0 Å². The molecule has 1 aromatic rings. The van der Waals surface area contributed by atoms with E-state index >= 15 is 0 Å². The molecular weight excluding hydrogens is 290 g/mol. The summed E-state index contributed by atoms with van der Waals surface area (Å²) in [4.78, 5) is 2.41. The van der Waals surface area contributed by atoms with Crippen LogP contribution in [0.5, 0.6) is 0 Å². The summed E-state index contributed by atoms with van der Waals surface area (Å²) in [5.41, 5.74) is 7.62. The summed E-state index contributed by atoms with van der Waals surface area (Å²) in [6.07, 6.45) is 2.44. The molecule has 0 spiro atoms. The SMILES string of the molecule is CC(C)C1CCCN1c1cc(Br)ccc1C(=N)N. The molecule has 3 nitrogen and oxygen atoms in total. The van der Waals surface area contributed by atoms with Gasteiger partial charge in [0.25, 0.3) is 0 Å². The van der Waals surface area contributed by atoms with Crippen molar-refractivity contribution < 1.29 is 0 Å². The summed E-state index contributed by atoms with van der Waals surface area (Å²) >= 11 is 3.51. The Morgan fingerprint density at radius 1 is 1.50 bits per heavy atom. The molecule has 3 N–H and O–H groups in total. The third-order valence-electron chi connectivity index (χ3n) is 3.63. The molecule has 98 valence electrons. The molecule has 1 heterocycles. The fourth-order valence-corrected chi connectivity index (χ4v) is 3.10. The van der Waals surface area contributed by atoms with Crippen molar-refractivity contribution in [2.45, 2.75) is 32.7 Å². The standard InChI is InChI=1S/C14H20BrN3/c1-9(2)12-4-3-7-18(12)13-8-10(15)5-6-11(13)14(16)17/h5-6,8-9,12H,3-4,7H2,1-2H3,(H3,16,17). The Labute approximate surface area is 117 Å². The van der Waals surface area contributed by atoms with Crippen LogP contribution in [0.15, 0.2) is 22.7 Å². The highest BCUT2D eigenvalue weighted by molar-refractivity contribution is 9.10. The third-order valence-corrected chi connectivity index (χ3v) is 4.12. The Morgan fingerprint density at radius 3 is 2.83 bits per heavy atom. The number of amidine groups is 1. The Balaban J connectivity index is 2.42. The number of nitrogens with two attached hydrogens (primary N) is 1. The van der Waals surface area contributed by atoms with Crippen molar-refractivity contribution in [3.63, 3.8) is 0 Å². The molecule has 0 saturated carbocycles. The molecule has 1 atom stereocenters. The van der Waals surface area contributed by atoms with Gasteiger partial charge in [-0.25, -0.2) is 0 Å². The molecule has 1 fully saturated rings. The summed E-state index contributed by atoms with van der Waals surface area (Å²) in [5, 5.41) is 7.72. The van der Waals surface area contributed by atoms with E-state index in [0.717, 1.165) is 22.3 Å². The smallest absolute Gasteiger partial charge is 0.124 e. The maximum atomic E-state index is 7.72. The van der Waals surface area contributed by atoms with Gasteiger partial charge in [-0.2, -0.15) is 0 Å². The van der Waals surface area contributed by atoms with Gasteiger partial charge in [-0.1, -0.05) is 29.8 Å². The Hall–Kier alpha value is -1.03. The molecule has 18 heavy (non-hydrogen) atoms. The molecule has 0 bridgehead atoms. The van der Waals surface area contributed by atoms with E-state index in [4.69, 9.17) is 11.1 Å². The van der Waals surface area contributed by atoms with E-state index in [1.165, 1.54) is 12.8 Å². The minimum Gasteiger partial charge on any atom is -0.384 e. The van der Waals surface area contributed by atoms with Crippen LogP contribution in [0.1, 0.15) is 32.3 Å². The van der Waals surface area contributed by atoms with Crippen molar-refractivity contribution in [2.75, 3.05) is 11.4 Å². The highest BCUT2D eigenvalue weighted by Gasteiger charge is 2.29. The lowest BCUT2D eigenvalue weighted by Crippen LogP contribution is -2.34. The molecule has 1 aliphatic rings. The van der Waals surface area contributed by atoms with E-state index in [1.54, 1.807) is 0 Å². The average Bonchev–Trinajstić information content (AvgIpc) is 2.77. The van der Waals surface area contributed by atoms with Gasteiger partial charge in [-0.3, -0.25) is 5.41 Å². The zero-order valence-electron chi connectivity index (χ0n) is 10.9. The minimum absolute atomic E-state index is 0.145. The van der Waals surface area contributed by atoms with Crippen molar-refractivity contribution in [3.05, 3.63) is 28.2 Å². The van der Waals surface area contributed by atoms with Crippen LogP contribution in [0, 0.1) is 11.3 Å². The lowest BCUT2D eigenvalue weighted by Gasteiger charge is -2.31. The first-order valence-electron chi connectivity index (χ1n) is 6.41. The first-order valence-corrected chi connectivity index (χ1v) is 7.20. The number of benzene rings is 1. The van der Waals surface area contributed by atoms with Gasteiger partial charge in [0.1, 0.15) is 5.84 Å². The quantitative estimate of drug-likeness (QED) is 0.664. The van der Waals surface area contributed by atoms with Gasteiger partial charge in [0.2, 0.25) is 0 Å². The second-order valence-corrected chi connectivity index (χ2v) is 6.14. The topological polar surface area (TPSA) is 53.1 Å². The zero-order valence-corrected chi connectivity index (χ0v) is 12.5. The Morgan fingerprint density at radius 2 is 2.22 bits per heavy atom. The number of rotatable bonds is 3. The third kappa shape index (κ3) is 2.53. The Kier molecular flexibility index (Phi) is 3.95. The van der Waals surface area contributed by atoms with Gasteiger partial charge in [0, 0.05) is 28.3 Å². The van der Waals surface area contributed by atoms with Crippen LogP contribution < -0.4 is 10.6 Å². The van der Waals surface area contributed by atoms with Gasteiger partial charge in [0.15, 0.2) is 0 Å². The molecule has 2 rings (SSSR count). The van der Waals surface area contributed by atoms with E-state index in [9.17, 15) is 0 Å². The largest absolute Gasteiger partial charge is 0.384 e. The molecule has 1 aliphatic heterocycles. The van der Waals surface area contributed by atoms with E-state index in [1.807, 2.05) is 12.1 Å². The second kappa shape index (κ2) is 5.31. The molecule has 0 radical (unpaired) electrons. The van der Waals surface area contributed by atoms with Crippen LogP contribution in [0.25, 0.3) is 0 Å². The lowest BCUT2D eigenvalue weighted by molar-refractivity contribution is 0.492. The first kappa shape index (κ1) is 13.4. The van der Waals surface area contributed by atoms with Gasteiger partial charge in [0.05, 0.1) is 0 Å². The molecule has 4 heteroatoms. The van der Waals surface area contributed by atoms with Gasteiger partial charge < -0.3 is 10.6 Å². The highest BCUT2D eigenvalue weighted by atomic mass is 79.9. The molecule has 1 unspecified atom stereocenters. The van der Waals surface area contributed by atoms with E-state index < -0.39 is 0 Å². The van der Waals surface area contributed by atoms with Crippen LogP contribution in [0.2, 0.25) is 0 Å². The lowest BCUT2D eigenvalue weighted by atomic mass is 10.0. The summed E-state index contributed by atoms with van der Waals surface area (Å²) in [5.74, 6) is 0.762. The van der Waals surface area contributed by atoms with Crippen LogP contribution in [-0.4, -0.2) is 18.4 Å². The number of nitrogens with one attached hydrogen (secondary N) is 1. The summed E-state index contributed by atoms with van der Waals surface area (Å²) < 4.78 is 1.04. The van der Waals surface area contributed by atoms with E-state index in [2.05, 4.69) is 40.7 Å². The second-order valence-electron chi connectivity index (χ2n) is 5.22. The minimum atomic E-state index is 0.145. The monoisotopic (exact) mass is 309 g/mol. The average molecular weight is 310 g/mol. The number of anilines is 1. The summed E-state index contributed by atoms with van der Waals surface area (Å²) in [6.45, 7) is 5.57.